The topological polar surface area (TPSA) is 60.9 Å². The molecule has 3 rings (SSSR count). The zero-order chi connectivity index (χ0) is 16.4. The summed E-state index contributed by atoms with van der Waals surface area (Å²) in [5.41, 5.74) is 0. The van der Waals surface area contributed by atoms with Crippen LogP contribution in [0.15, 0.2) is 0 Å². The molecule has 1 unspecified atom stereocenters. The monoisotopic (exact) mass is 342 g/mol. The van der Waals surface area contributed by atoms with Crippen molar-refractivity contribution in [3.8, 4) is 0 Å². The molecule has 0 aliphatic carbocycles. The van der Waals surface area contributed by atoms with Gasteiger partial charge in [-0.25, -0.2) is 0 Å². The normalized spacial score (nSPS) is 34.0. The first-order valence-electron chi connectivity index (χ1n) is 8.93. The van der Waals surface area contributed by atoms with Gasteiger partial charge in [0.1, 0.15) is 5.88 Å². The number of alkyl halides is 1. The molecule has 3 aliphatic heterocycles. The third-order valence-corrected chi connectivity index (χ3v) is 6.23. The van der Waals surface area contributed by atoms with Gasteiger partial charge in [0.25, 0.3) is 0 Å². The van der Waals surface area contributed by atoms with Gasteiger partial charge < -0.3 is 10.0 Å². The summed E-state index contributed by atoms with van der Waals surface area (Å²) in [4.78, 5) is 27.8. The summed E-state index contributed by atoms with van der Waals surface area (Å²) in [6.45, 7) is 3.17. The largest absolute Gasteiger partial charge is 0.481 e. The van der Waals surface area contributed by atoms with Crippen molar-refractivity contribution in [3.63, 3.8) is 0 Å². The van der Waals surface area contributed by atoms with Crippen LogP contribution in [-0.2, 0) is 9.59 Å². The Balaban J connectivity index is 1.78. The number of halogens is 1. The van der Waals surface area contributed by atoms with Crippen molar-refractivity contribution in [2.45, 2.75) is 57.0 Å². The second kappa shape index (κ2) is 7.39. The van der Waals surface area contributed by atoms with E-state index < -0.39 is 5.97 Å². The summed E-state index contributed by atoms with van der Waals surface area (Å²) in [7, 11) is 0. The van der Waals surface area contributed by atoms with Gasteiger partial charge in [0.05, 0.1) is 0 Å². The van der Waals surface area contributed by atoms with Crippen LogP contribution in [0.3, 0.4) is 0 Å². The number of aliphatic carboxylic acids is 1. The summed E-state index contributed by atoms with van der Waals surface area (Å²) < 4.78 is 0. The molecule has 3 saturated heterocycles. The van der Waals surface area contributed by atoms with E-state index in [1.54, 1.807) is 0 Å². The molecule has 0 aromatic carbocycles. The minimum Gasteiger partial charge on any atom is -0.481 e. The number of hydrogen-bond acceptors (Lipinski definition) is 3. The van der Waals surface area contributed by atoms with E-state index in [2.05, 4.69) is 4.90 Å². The summed E-state index contributed by atoms with van der Waals surface area (Å²) >= 11 is 5.85. The number of nitrogens with zero attached hydrogens (tertiary/aromatic N) is 2. The molecule has 0 bridgehead atoms. The van der Waals surface area contributed by atoms with Crippen LogP contribution in [0, 0.1) is 11.8 Å². The molecule has 3 heterocycles. The third-order valence-electron chi connectivity index (χ3n) is 6.00. The minimum absolute atomic E-state index is 0.0214. The Bertz CT molecular complexity index is 457. The Labute approximate surface area is 143 Å². The average molecular weight is 343 g/mol. The van der Waals surface area contributed by atoms with Crippen molar-refractivity contribution in [1.29, 1.82) is 0 Å². The lowest BCUT2D eigenvalue weighted by molar-refractivity contribution is -0.144. The van der Waals surface area contributed by atoms with E-state index in [1.165, 1.54) is 32.4 Å². The predicted molar refractivity (Wildman–Crippen MR) is 88.5 cm³/mol. The number of carboxylic acids is 1. The number of carbonyl (C=O) groups is 2. The van der Waals surface area contributed by atoms with E-state index >= 15 is 0 Å². The second-order valence-corrected chi connectivity index (χ2v) is 7.54. The fourth-order valence-corrected chi connectivity index (χ4v) is 5.34. The number of piperidine rings is 3. The molecule has 5 nitrogen and oxygen atoms in total. The number of amides is 1. The summed E-state index contributed by atoms with van der Waals surface area (Å²) in [6.07, 6.45) is 6.38. The standard InChI is InChI=1S/C17H27ClN2O3/c18-10-15(21)20-11-12-4-2-8-19-9-3-5-13(17(12)19)14(20)6-1-7-16(22)23/h12-14,17H,1-11H2,(H,22,23)/t12-,13+,14?,17-/m0/s1. The van der Waals surface area contributed by atoms with E-state index in [4.69, 9.17) is 16.7 Å². The maximum absolute atomic E-state index is 12.4. The number of carbonyl (C=O) groups excluding carboxylic acids is 1. The molecule has 4 atom stereocenters. The smallest absolute Gasteiger partial charge is 0.303 e. The highest BCUT2D eigenvalue weighted by Crippen LogP contribution is 2.43. The third kappa shape index (κ3) is 3.50. The van der Waals surface area contributed by atoms with E-state index in [0.29, 0.717) is 24.3 Å². The molecule has 0 aromatic rings. The number of hydrogen-bond donors (Lipinski definition) is 1. The maximum atomic E-state index is 12.4. The molecule has 130 valence electrons. The van der Waals surface area contributed by atoms with Crippen LogP contribution < -0.4 is 0 Å². The van der Waals surface area contributed by atoms with Gasteiger partial charge in [-0.1, -0.05) is 0 Å². The number of likely N-dealkylation sites (tertiary alicyclic amines) is 1. The van der Waals surface area contributed by atoms with Crippen LogP contribution in [0.2, 0.25) is 0 Å². The van der Waals surface area contributed by atoms with E-state index in [1.807, 2.05) is 4.90 Å². The highest BCUT2D eigenvalue weighted by atomic mass is 35.5. The molecule has 3 fully saturated rings. The highest BCUT2D eigenvalue weighted by molar-refractivity contribution is 6.27. The molecular formula is C17H27ClN2O3. The van der Waals surface area contributed by atoms with E-state index in [9.17, 15) is 9.59 Å². The molecule has 6 heteroatoms. The Morgan fingerprint density at radius 3 is 2.61 bits per heavy atom. The molecule has 23 heavy (non-hydrogen) atoms. The minimum atomic E-state index is -0.753. The highest BCUT2D eigenvalue weighted by Gasteiger charge is 2.49. The Kier molecular flexibility index (Phi) is 5.47. The molecule has 3 aliphatic rings. The lowest BCUT2D eigenvalue weighted by atomic mass is 9.69. The van der Waals surface area contributed by atoms with Crippen molar-refractivity contribution in [3.05, 3.63) is 0 Å². The quantitative estimate of drug-likeness (QED) is 0.778. The first kappa shape index (κ1) is 17.0. The Hall–Kier alpha value is -0.810. The van der Waals surface area contributed by atoms with Gasteiger partial charge in [0.2, 0.25) is 5.91 Å². The molecule has 0 saturated carbocycles. The van der Waals surface area contributed by atoms with Gasteiger partial charge >= 0.3 is 5.97 Å². The summed E-state index contributed by atoms with van der Waals surface area (Å²) in [6, 6.07) is 0.759. The Morgan fingerprint density at radius 1 is 1.17 bits per heavy atom. The van der Waals surface area contributed by atoms with Gasteiger partial charge in [-0.2, -0.15) is 0 Å². The number of carboxylic acid groups (broad SMARTS) is 1. The summed E-state index contributed by atoms with van der Waals surface area (Å²) in [5, 5.41) is 8.92. The summed E-state index contributed by atoms with van der Waals surface area (Å²) in [5.74, 6) is 0.356. The van der Waals surface area contributed by atoms with Gasteiger partial charge in [-0.05, 0) is 63.5 Å². The zero-order valence-electron chi connectivity index (χ0n) is 13.6. The van der Waals surface area contributed by atoms with Crippen molar-refractivity contribution < 1.29 is 14.7 Å². The molecule has 1 amide bonds. The molecule has 1 N–H and O–H groups in total. The fourth-order valence-electron chi connectivity index (χ4n) is 5.19. The van der Waals surface area contributed by atoms with Gasteiger partial charge in [-0.15, -0.1) is 11.6 Å². The Morgan fingerprint density at radius 2 is 1.91 bits per heavy atom. The van der Waals surface area contributed by atoms with Crippen molar-refractivity contribution in [2.75, 3.05) is 25.5 Å². The van der Waals surface area contributed by atoms with Gasteiger partial charge in [0.15, 0.2) is 0 Å². The van der Waals surface area contributed by atoms with Crippen LogP contribution in [0.5, 0.6) is 0 Å². The molecule has 0 spiro atoms. The molecule has 0 aromatic heterocycles. The van der Waals surface area contributed by atoms with Crippen LogP contribution in [0.25, 0.3) is 0 Å². The zero-order valence-corrected chi connectivity index (χ0v) is 14.4. The average Bonchev–Trinajstić information content (AvgIpc) is 2.56. The van der Waals surface area contributed by atoms with Crippen LogP contribution in [-0.4, -0.2) is 64.4 Å². The number of rotatable bonds is 5. The van der Waals surface area contributed by atoms with E-state index in [0.717, 1.165) is 19.4 Å². The maximum Gasteiger partial charge on any atom is 0.303 e. The van der Waals surface area contributed by atoms with Crippen LogP contribution >= 0.6 is 11.6 Å². The SMILES string of the molecule is O=C(O)CCCC1[C@H]2CCCN3CCC[C@@H](CN1C(=O)CCl)[C@@H]23. The molecule has 0 radical (unpaired) electrons. The van der Waals surface area contributed by atoms with Crippen LogP contribution in [0.4, 0.5) is 0 Å². The van der Waals surface area contributed by atoms with E-state index in [-0.39, 0.29) is 24.2 Å². The second-order valence-electron chi connectivity index (χ2n) is 7.27. The first-order valence-corrected chi connectivity index (χ1v) is 9.46. The van der Waals surface area contributed by atoms with Crippen molar-refractivity contribution in [2.24, 2.45) is 11.8 Å². The lowest BCUT2D eigenvalue weighted by Gasteiger charge is -2.57. The van der Waals surface area contributed by atoms with Gasteiger partial charge in [-0.3, -0.25) is 14.5 Å². The molecular weight excluding hydrogens is 316 g/mol. The first-order chi connectivity index (χ1) is 11.1. The lowest BCUT2D eigenvalue weighted by Crippen LogP contribution is -2.65. The predicted octanol–water partition coefficient (Wildman–Crippen LogP) is 2.18. The van der Waals surface area contributed by atoms with Crippen molar-refractivity contribution in [1.82, 2.24) is 9.80 Å². The van der Waals surface area contributed by atoms with Crippen molar-refractivity contribution >= 4 is 23.5 Å². The fraction of sp³-hybridized carbons (Fsp3) is 0.882. The van der Waals surface area contributed by atoms with Gasteiger partial charge in [0, 0.05) is 25.0 Å². The van der Waals surface area contributed by atoms with Crippen LogP contribution in [0.1, 0.15) is 44.9 Å².